The largest absolute Gasteiger partial charge is 0.492 e. The van der Waals surface area contributed by atoms with E-state index >= 15 is 0 Å². The maximum absolute atomic E-state index is 12.9. The zero-order chi connectivity index (χ0) is 17.4. The molecule has 1 amide bonds. The summed E-state index contributed by atoms with van der Waals surface area (Å²) in [4.78, 5) is 12.1. The predicted octanol–water partition coefficient (Wildman–Crippen LogP) is 3.49. The summed E-state index contributed by atoms with van der Waals surface area (Å²) in [6, 6.07) is 13.3. The highest BCUT2D eigenvalue weighted by molar-refractivity contribution is 5.81. The van der Waals surface area contributed by atoms with Gasteiger partial charge in [0.1, 0.15) is 23.9 Å². The third-order valence-electron chi connectivity index (χ3n) is 3.45. The number of carbonyl (C=O) groups is 1. The lowest BCUT2D eigenvalue weighted by Crippen LogP contribution is -2.39. The lowest BCUT2D eigenvalue weighted by molar-refractivity contribution is -0.128. The number of nitrogens with one attached hydrogen (secondary N) is 1. The van der Waals surface area contributed by atoms with Gasteiger partial charge in [-0.05, 0) is 49.7 Å². The van der Waals surface area contributed by atoms with Crippen molar-refractivity contribution in [3.8, 4) is 11.5 Å². The summed E-state index contributed by atoms with van der Waals surface area (Å²) in [7, 11) is 0. The molecular weight excluding hydrogens is 309 g/mol. The van der Waals surface area contributed by atoms with Gasteiger partial charge in [-0.2, -0.15) is 0 Å². The zero-order valence-electron chi connectivity index (χ0n) is 13.9. The molecule has 0 aliphatic carbocycles. The van der Waals surface area contributed by atoms with Crippen LogP contribution in [0.25, 0.3) is 0 Å². The van der Waals surface area contributed by atoms with Gasteiger partial charge in [-0.25, -0.2) is 4.39 Å². The van der Waals surface area contributed by atoms with Crippen LogP contribution in [0.1, 0.15) is 18.9 Å². The van der Waals surface area contributed by atoms with E-state index in [0.29, 0.717) is 25.3 Å². The first-order chi connectivity index (χ1) is 11.6. The molecule has 128 valence electrons. The second kappa shape index (κ2) is 8.91. The first-order valence-corrected chi connectivity index (χ1v) is 7.98. The number of carbonyl (C=O) groups excluding carboxylic acids is 1. The Morgan fingerprint density at radius 3 is 2.33 bits per heavy atom. The monoisotopic (exact) mass is 331 g/mol. The minimum atomic E-state index is -0.616. The van der Waals surface area contributed by atoms with Gasteiger partial charge in [-0.15, -0.1) is 0 Å². The molecule has 0 aliphatic rings. The first-order valence-electron chi connectivity index (χ1n) is 7.98. The Bertz CT molecular complexity index is 641. The normalized spacial score (nSPS) is 11.6. The Balaban J connectivity index is 1.75. The molecule has 1 unspecified atom stereocenters. The van der Waals surface area contributed by atoms with Crippen molar-refractivity contribution in [2.45, 2.75) is 26.4 Å². The number of halogens is 1. The second-order valence-corrected chi connectivity index (χ2v) is 5.42. The molecule has 4 nitrogen and oxygen atoms in total. The Labute approximate surface area is 141 Å². The van der Waals surface area contributed by atoms with Crippen LogP contribution in [0.4, 0.5) is 4.39 Å². The molecule has 5 heteroatoms. The van der Waals surface area contributed by atoms with Crippen LogP contribution in [0.5, 0.6) is 11.5 Å². The standard InChI is InChI=1S/C19H22FNO3/c1-3-18(24-17-10-6-15(20)7-11-17)19(22)21-12-13-23-16-8-4-14(2)5-9-16/h4-11,18H,3,12-13H2,1-2H3,(H,21,22). The summed E-state index contributed by atoms with van der Waals surface area (Å²) in [6.45, 7) is 4.63. The average Bonchev–Trinajstić information content (AvgIpc) is 2.59. The van der Waals surface area contributed by atoms with Crippen LogP contribution in [0, 0.1) is 12.7 Å². The lowest BCUT2D eigenvalue weighted by atomic mass is 10.2. The van der Waals surface area contributed by atoms with Crippen LogP contribution in [-0.4, -0.2) is 25.2 Å². The second-order valence-electron chi connectivity index (χ2n) is 5.42. The van der Waals surface area contributed by atoms with E-state index in [2.05, 4.69) is 5.32 Å². The number of hydrogen-bond donors (Lipinski definition) is 1. The first kappa shape index (κ1) is 17.8. The molecule has 2 rings (SSSR count). The molecule has 2 aromatic carbocycles. The van der Waals surface area contributed by atoms with Gasteiger partial charge in [-0.1, -0.05) is 24.6 Å². The summed E-state index contributed by atoms with van der Waals surface area (Å²) in [5.74, 6) is 0.682. The van der Waals surface area contributed by atoms with Crippen molar-refractivity contribution in [3.63, 3.8) is 0 Å². The molecule has 0 saturated carbocycles. The Morgan fingerprint density at radius 2 is 1.71 bits per heavy atom. The van der Waals surface area contributed by atoms with Crippen molar-refractivity contribution in [3.05, 3.63) is 59.9 Å². The van der Waals surface area contributed by atoms with Crippen LogP contribution in [-0.2, 0) is 4.79 Å². The van der Waals surface area contributed by atoms with Crippen LogP contribution in [0.2, 0.25) is 0 Å². The number of amides is 1. The maximum Gasteiger partial charge on any atom is 0.261 e. The van der Waals surface area contributed by atoms with Gasteiger partial charge in [0.05, 0.1) is 6.54 Å². The topological polar surface area (TPSA) is 47.6 Å². The molecule has 1 N–H and O–H groups in total. The molecular formula is C19H22FNO3. The Morgan fingerprint density at radius 1 is 1.08 bits per heavy atom. The fourth-order valence-electron chi connectivity index (χ4n) is 2.09. The number of aryl methyl sites for hydroxylation is 1. The van der Waals surface area contributed by atoms with Gasteiger partial charge in [0.15, 0.2) is 6.10 Å². The zero-order valence-corrected chi connectivity index (χ0v) is 13.9. The summed E-state index contributed by atoms with van der Waals surface area (Å²) >= 11 is 0. The fourth-order valence-corrected chi connectivity index (χ4v) is 2.09. The molecule has 0 spiro atoms. The Kier molecular flexibility index (Phi) is 6.61. The summed E-state index contributed by atoms with van der Waals surface area (Å²) in [5, 5.41) is 2.78. The van der Waals surface area contributed by atoms with E-state index in [0.717, 1.165) is 5.75 Å². The van der Waals surface area contributed by atoms with Crippen LogP contribution in [0.15, 0.2) is 48.5 Å². The van der Waals surface area contributed by atoms with Gasteiger partial charge >= 0.3 is 0 Å². The molecule has 0 bridgehead atoms. The van der Waals surface area contributed by atoms with Crippen molar-refractivity contribution in [2.75, 3.05) is 13.2 Å². The summed E-state index contributed by atoms with van der Waals surface area (Å²) in [6.07, 6.45) is -0.1000. The van der Waals surface area contributed by atoms with Crippen molar-refractivity contribution in [1.82, 2.24) is 5.32 Å². The summed E-state index contributed by atoms with van der Waals surface area (Å²) in [5.41, 5.74) is 1.17. The van der Waals surface area contributed by atoms with Crippen molar-refractivity contribution in [2.24, 2.45) is 0 Å². The van der Waals surface area contributed by atoms with Gasteiger partial charge in [0.25, 0.3) is 5.91 Å². The molecule has 0 fully saturated rings. The van der Waals surface area contributed by atoms with Gasteiger partial charge in [0.2, 0.25) is 0 Å². The molecule has 24 heavy (non-hydrogen) atoms. The number of rotatable bonds is 8. The fraction of sp³-hybridized carbons (Fsp3) is 0.316. The summed E-state index contributed by atoms with van der Waals surface area (Å²) < 4.78 is 24.0. The third kappa shape index (κ3) is 5.57. The predicted molar refractivity (Wildman–Crippen MR) is 90.8 cm³/mol. The molecule has 0 radical (unpaired) electrons. The lowest BCUT2D eigenvalue weighted by Gasteiger charge is -2.17. The molecule has 0 saturated heterocycles. The highest BCUT2D eigenvalue weighted by atomic mass is 19.1. The van der Waals surface area contributed by atoms with Crippen LogP contribution < -0.4 is 14.8 Å². The number of hydrogen-bond acceptors (Lipinski definition) is 3. The van der Waals surface area contributed by atoms with Crippen molar-refractivity contribution >= 4 is 5.91 Å². The quantitative estimate of drug-likeness (QED) is 0.753. The highest BCUT2D eigenvalue weighted by Gasteiger charge is 2.17. The van der Waals surface area contributed by atoms with Crippen LogP contribution in [0.3, 0.4) is 0 Å². The van der Waals surface area contributed by atoms with Crippen LogP contribution >= 0.6 is 0 Å². The van der Waals surface area contributed by atoms with E-state index in [4.69, 9.17) is 9.47 Å². The van der Waals surface area contributed by atoms with E-state index < -0.39 is 6.10 Å². The molecule has 0 aromatic heterocycles. The molecule has 2 aromatic rings. The van der Waals surface area contributed by atoms with Gasteiger partial charge < -0.3 is 14.8 Å². The minimum absolute atomic E-state index is 0.214. The molecule has 1 atom stereocenters. The smallest absolute Gasteiger partial charge is 0.261 e. The van der Waals surface area contributed by atoms with Gasteiger partial charge in [0, 0.05) is 0 Å². The number of benzene rings is 2. The van der Waals surface area contributed by atoms with E-state index in [1.807, 2.05) is 38.1 Å². The molecule has 0 heterocycles. The highest BCUT2D eigenvalue weighted by Crippen LogP contribution is 2.14. The third-order valence-corrected chi connectivity index (χ3v) is 3.45. The van der Waals surface area contributed by atoms with E-state index in [1.165, 1.54) is 29.8 Å². The average molecular weight is 331 g/mol. The van der Waals surface area contributed by atoms with E-state index in [1.54, 1.807) is 0 Å². The maximum atomic E-state index is 12.9. The van der Waals surface area contributed by atoms with E-state index in [9.17, 15) is 9.18 Å². The minimum Gasteiger partial charge on any atom is -0.492 e. The SMILES string of the molecule is CCC(Oc1ccc(F)cc1)C(=O)NCCOc1ccc(C)cc1. The van der Waals surface area contributed by atoms with Crippen molar-refractivity contribution < 1.29 is 18.7 Å². The Hall–Kier alpha value is -2.56. The number of ether oxygens (including phenoxy) is 2. The van der Waals surface area contributed by atoms with Crippen molar-refractivity contribution in [1.29, 1.82) is 0 Å². The van der Waals surface area contributed by atoms with Gasteiger partial charge in [-0.3, -0.25) is 4.79 Å². The molecule has 0 aliphatic heterocycles. The van der Waals surface area contributed by atoms with E-state index in [-0.39, 0.29) is 11.7 Å².